The molecule has 3 nitrogen and oxygen atoms in total. The molecule has 0 fully saturated rings. The fourth-order valence-electron chi connectivity index (χ4n) is 0.176. The minimum atomic E-state index is 0.188. The Kier molecular flexibility index (Phi) is 5.78. The monoisotopic (exact) mass is 105 g/mol. The summed E-state index contributed by atoms with van der Waals surface area (Å²) >= 11 is 0. The van der Waals surface area contributed by atoms with Gasteiger partial charge in [0.15, 0.2) is 0 Å². The van der Waals surface area contributed by atoms with E-state index in [9.17, 15) is 0 Å². The minimum absolute atomic E-state index is 0.188. The fourth-order valence-corrected chi connectivity index (χ4v) is 0.176. The number of rotatable bonds is 4. The van der Waals surface area contributed by atoms with Crippen LogP contribution in [0.4, 0.5) is 0 Å². The maximum absolute atomic E-state index is 4.62. The highest BCUT2D eigenvalue weighted by atomic mass is 16.7. The van der Waals surface area contributed by atoms with Gasteiger partial charge in [0.25, 0.3) is 0 Å². The second-order valence-corrected chi connectivity index (χ2v) is 0.933. The van der Waals surface area contributed by atoms with E-state index >= 15 is 0 Å². The normalized spacial score (nSPS) is 9.43. The summed E-state index contributed by atoms with van der Waals surface area (Å²) in [6, 6.07) is 0. The van der Waals surface area contributed by atoms with E-state index in [0.29, 0.717) is 0 Å². The van der Waals surface area contributed by atoms with Crippen LogP contribution in [0.5, 0.6) is 0 Å². The molecule has 0 aromatic heterocycles. The van der Waals surface area contributed by atoms with Crippen molar-refractivity contribution in [3.8, 4) is 0 Å². The molecule has 0 heterocycles. The van der Waals surface area contributed by atoms with Crippen LogP contribution in [-0.2, 0) is 14.2 Å². The van der Waals surface area contributed by atoms with Crippen molar-refractivity contribution in [1.29, 1.82) is 0 Å². The molecule has 0 amide bonds. The molecule has 0 unspecified atom stereocenters. The highest BCUT2D eigenvalue weighted by Gasteiger charge is 1.76. The summed E-state index contributed by atoms with van der Waals surface area (Å²) in [4.78, 5) is 0. The Balaban J connectivity index is 2.45. The van der Waals surface area contributed by atoms with Gasteiger partial charge in [-0.1, -0.05) is 0 Å². The van der Waals surface area contributed by atoms with Crippen LogP contribution in [0.15, 0.2) is 0 Å². The largest absolute Gasteiger partial charge is 0.359 e. The van der Waals surface area contributed by atoms with Gasteiger partial charge in [-0.25, -0.2) is 0 Å². The van der Waals surface area contributed by atoms with Gasteiger partial charge < -0.3 is 14.2 Å². The van der Waals surface area contributed by atoms with Gasteiger partial charge >= 0.3 is 0 Å². The Hall–Kier alpha value is -0.120. The highest BCUT2D eigenvalue weighted by Crippen LogP contribution is 1.73. The zero-order valence-corrected chi connectivity index (χ0v) is 4.35. The molecule has 0 saturated heterocycles. The second-order valence-electron chi connectivity index (χ2n) is 0.933. The van der Waals surface area contributed by atoms with E-state index in [1.54, 1.807) is 7.11 Å². The van der Waals surface area contributed by atoms with Crippen molar-refractivity contribution in [1.82, 2.24) is 0 Å². The van der Waals surface area contributed by atoms with Crippen LogP contribution in [0.25, 0.3) is 0 Å². The van der Waals surface area contributed by atoms with Crippen molar-refractivity contribution in [3.05, 3.63) is 7.11 Å². The third-order valence-corrected chi connectivity index (χ3v) is 0.368. The van der Waals surface area contributed by atoms with E-state index in [2.05, 4.69) is 21.3 Å². The van der Waals surface area contributed by atoms with Gasteiger partial charge in [-0.2, -0.15) is 0 Å². The lowest BCUT2D eigenvalue weighted by atomic mass is 11.3. The van der Waals surface area contributed by atoms with Gasteiger partial charge in [0, 0.05) is 7.11 Å². The first-order valence-corrected chi connectivity index (χ1v) is 1.85. The van der Waals surface area contributed by atoms with Crippen molar-refractivity contribution < 1.29 is 14.2 Å². The third kappa shape index (κ3) is 5.88. The summed E-state index contributed by atoms with van der Waals surface area (Å²) < 4.78 is 13.4. The van der Waals surface area contributed by atoms with E-state index in [0.717, 1.165) is 0 Å². The summed E-state index contributed by atoms with van der Waals surface area (Å²) in [6.07, 6.45) is 0. The average molecular weight is 105 g/mol. The van der Waals surface area contributed by atoms with Crippen molar-refractivity contribution >= 4 is 0 Å². The third-order valence-electron chi connectivity index (χ3n) is 0.368. The van der Waals surface area contributed by atoms with Gasteiger partial charge in [-0.3, -0.25) is 0 Å². The van der Waals surface area contributed by atoms with Crippen LogP contribution in [0.2, 0.25) is 0 Å². The molecule has 0 aromatic rings. The van der Waals surface area contributed by atoms with Gasteiger partial charge in [0.2, 0.25) is 0 Å². The van der Waals surface area contributed by atoms with Crippen molar-refractivity contribution in [2.24, 2.45) is 0 Å². The molecule has 43 valence electrons. The van der Waals surface area contributed by atoms with Gasteiger partial charge in [0.05, 0.1) is 7.11 Å². The molecule has 0 N–H and O–H groups in total. The summed E-state index contributed by atoms with van der Waals surface area (Å²) in [6.45, 7) is 0.448. The number of ether oxygens (including phenoxy) is 3. The zero-order chi connectivity index (χ0) is 5.54. The Morgan fingerprint density at radius 2 is 2.14 bits per heavy atom. The summed E-state index contributed by atoms with van der Waals surface area (Å²) in [5.41, 5.74) is 0. The van der Waals surface area contributed by atoms with Crippen LogP contribution in [-0.4, -0.2) is 20.7 Å². The fraction of sp³-hybridized carbons (Fsp3) is 0.750. The van der Waals surface area contributed by atoms with Crippen LogP contribution in [0, 0.1) is 7.11 Å². The smallest absolute Gasteiger partial charge is 0.149 e. The zero-order valence-electron chi connectivity index (χ0n) is 4.35. The first-order valence-electron chi connectivity index (χ1n) is 1.85. The Bertz CT molecular complexity index is 26.1. The maximum atomic E-state index is 4.62. The first kappa shape index (κ1) is 6.88. The Labute approximate surface area is 43.2 Å². The first-order chi connectivity index (χ1) is 3.41. The van der Waals surface area contributed by atoms with Crippen molar-refractivity contribution in [2.45, 2.75) is 0 Å². The molecule has 0 spiro atoms. The quantitative estimate of drug-likeness (QED) is 0.382. The lowest BCUT2D eigenvalue weighted by Crippen LogP contribution is -1.98. The molecule has 0 saturated carbocycles. The molecule has 0 aliphatic heterocycles. The molecule has 3 heteroatoms. The van der Waals surface area contributed by atoms with Crippen LogP contribution < -0.4 is 0 Å². The minimum Gasteiger partial charge on any atom is -0.359 e. The van der Waals surface area contributed by atoms with E-state index in [1.165, 1.54) is 0 Å². The molecule has 7 heavy (non-hydrogen) atoms. The van der Waals surface area contributed by atoms with Crippen molar-refractivity contribution in [2.75, 3.05) is 20.7 Å². The number of methoxy groups -OCH3 is 1. The van der Waals surface area contributed by atoms with Crippen LogP contribution in [0.3, 0.4) is 0 Å². The van der Waals surface area contributed by atoms with E-state index in [4.69, 9.17) is 0 Å². The Morgan fingerprint density at radius 3 is 2.57 bits per heavy atom. The van der Waals surface area contributed by atoms with Gasteiger partial charge in [0.1, 0.15) is 13.6 Å². The predicted molar refractivity (Wildman–Crippen MR) is 24.3 cm³/mol. The standard InChI is InChI=1S/C4H9O3/c1-5-3-7-4-6-2/h1,3-4H2,2H3. The predicted octanol–water partition coefficient (Wildman–Crippen LogP) is 0.373. The van der Waals surface area contributed by atoms with Crippen LogP contribution in [0.1, 0.15) is 0 Å². The Morgan fingerprint density at radius 1 is 1.43 bits per heavy atom. The number of hydrogen-bond acceptors (Lipinski definition) is 3. The lowest BCUT2D eigenvalue weighted by Gasteiger charge is -1.97. The topological polar surface area (TPSA) is 27.7 Å². The van der Waals surface area contributed by atoms with Crippen molar-refractivity contribution in [3.63, 3.8) is 0 Å². The maximum Gasteiger partial charge on any atom is 0.149 e. The van der Waals surface area contributed by atoms with E-state index in [-0.39, 0.29) is 13.6 Å². The number of hydrogen-bond donors (Lipinski definition) is 0. The highest BCUT2D eigenvalue weighted by molar-refractivity contribution is 4.00. The summed E-state index contributed by atoms with van der Waals surface area (Å²) in [5, 5.41) is 0. The molecular formula is C4H9O3. The lowest BCUT2D eigenvalue weighted by molar-refractivity contribution is -0.0989. The molecule has 0 atom stereocenters. The molecule has 0 rings (SSSR count). The van der Waals surface area contributed by atoms with Gasteiger partial charge in [-0.05, 0) is 0 Å². The molecule has 0 bridgehead atoms. The van der Waals surface area contributed by atoms with E-state index < -0.39 is 0 Å². The van der Waals surface area contributed by atoms with E-state index in [1.807, 2.05) is 0 Å². The molecule has 0 aromatic carbocycles. The molecule has 0 aliphatic rings. The van der Waals surface area contributed by atoms with Crippen LogP contribution >= 0.6 is 0 Å². The summed E-state index contributed by atoms with van der Waals surface area (Å²) in [7, 11) is 4.62. The summed E-state index contributed by atoms with van der Waals surface area (Å²) in [5.74, 6) is 0. The molecular weight excluding hydrogens is 96.0 g/mol. The molecule has 0 aliphatic carbocycles. The van der Waals surface area contributed by atoms with Gasteiger partial charge in [-0.15, -0.1) is 0 Å². The average Bonchev–Trinajstić information content (AvgIpc) is 1.69. The second kappa shape index (κ2) is 5.88. The molecule has 1 radical (unpaired) electrons. The SMILES string of the molecule is [CH2]OCOCOC.